The van der Waals surface area contributed by atoms with E-state index < -0.39 is 17.6 Å². The predicted octanol–water partition coefficient (Wildman–Crippen LogP) is 2.78. The van der Waals surface area contributed by atoms with E-state index in [9.17, 15) is 14.7 Å². The van der Waals surface area contributed by atoms with Crippen molar-refractivity contribution < 1.29 is 24.2 Å². The Morgan fingerprint density at radius 2 is 2.12 bits per heavy atom. The van der Waals surface area contributed by atoms with Crippen LogP contribution in [-0.4, -0.2) is 35.9 Å². The lowest BCUT2D eigenvalue weighted by molar-refractivity contribution is -0.161. The molecule has 0 aromatic rings. The summed E-state index contributed by atoms with van der Waals surface area (Å²) in [5, 5.41) is 11.2. The first-order valence-electron chi connectivity index (χ1n) is 9.06. The lowest BCUT2D eigenvalue weighted by Crippen LogP contribution is -2.48. The summed E-state index contributed by atoms with van der Waals surface area (Å²) >= 11 is 0. The Morgan fingerprint density at radius 1 is 1.44 bits per heavy atom. The molecule has 1 aliphatic heterocycles. The van der Waals surface area contributed by atoms with E-state index >= 15 is 0 Å². The largest absolute Gasteiger partial charge is 0.460 e. The predicted molar refractivity (Wildman–Crippen MR) is 92.5 cm³/mol. The van der Waals surface area contributed by atoms with Gasteiger partial charge in [0.2, 0.25) is 0 Å². The zero-order chi connectivity index (χ0) is 18.6. The molecule has 0 radical (unpaired) electrons. The second-order valence-corrected chi connectivity index (χ2v) is 8.20. The first-order valence-corrected chi connectivity index (χ1v) is 9.06. The monoisotopic (exact) mass is 348 g/mol. The van der Waals surface area contributed by atoms with Crippen LogP contribution in [-0.2, 0) is 19.1 Å². The Bertz CT molecular complexity index is 632. The van der Waals surface area contributed by atoms with E-state index in [0.717, 1.165) is 6.42 Å². The summed E-state index contributed by atoms with van der Waals surface area (Å²) in [6.07, 6.45) is 2.46. The molecule has 5 heteroatoms. The minimum Gasteiger partial charge on any atom is -0.460 e. The van der Waals surface area contributed by atoms with Crippen LogP contribution in [0, 0.1) is 22.7 Å². The van der Waals surface area contributed by atoms with Crippen LogP contribution in [0.25, 0.3) is 0 Å². The fourth-order valence-electron chi connectivity index (χ4n) is 5.11. The molecule has 3 rings (SSSR count). The summed E-state index contributed by atoms with van der Waals surface area (Å²) in [5.74, 6) is -0.731. The molecule has 5 nitrogen and oxygen atoms in total. The summed E-state index contributed by atoms with van der Waals surface area (Å²) in [6, 6.07) is 0. The van der Waals surface area contributed by atoms with Gasteiger partial charge in [-0.25, -0.2) is 4.79 Å². The van der Waals surface area contributed by atoms with E-state index in [1.165, 1.54) is 0 Å². The van der Waals surface area contributed by atoms with Gasteiger partial charge in [-0.15, -0.1) is 0 Å². The number of cyclic esters (lactones) is 1. The maximum Gasteiger partial charge on any atom is 0.333 e. The maximum atomic E-state index is 12.5. The van der Waals surface area contributed by atoms with E-state index in [1.54, 1.807) is 19.9 Å². The van der Waals surface area contributed by atoms with Crippen molar-refractivity contribution in [1.29, 1.82) is 0 Å². The first-order chi connectivity index (χ1) is 11.7. The van der Waals surface area contributed by atoms with Crippen molar-refractivity contribution in [2.45, 2.75) is 59.2 Å². The van der Waals surface area contributed by atoms with Crippen LogP contribution in [0.5, 0.6) is 0 Å². The van der Waals surface area contributed by atoms with E-state index in [0.29, 0.717) is 29.9 Å². The summed E-state index contributed by atoms with van der Waals surface area (Å²) in [7, 11) is 0. The molecule has 2 saturated carbocycles. The van der Waals surface area contributed by atoms with Crippen LogP contribution < -0.4 is 0 Å². The van der Waals surface area contributed by atoms with Crippen LogP contribution in [0.4, 0.5) is 0 Å². The fourth-order valence-corrected chi connectivity index (χ4v) is 5.11. The number of fused-ring (bicyclic) bond motifs is 1. The molecule has 1 spiro atoms. The average molecular weight is 348 g/mol. The van der Waals surface area contributed by atoms with Crippen molar-refractivity contribution in [3.63, 3.8) is 0 Å². The van der Waals surface area contributed by atoms with Crippen molar-refractivity contribution in [2.75, 3.05) is 6.61 Å². The van der Waals surface area contributed by atoms with Gasteiger partial charge in [-0.1, -0.05) is 26.5 Å². The molecule has 0 aromatic heterocycles. The Hall–Kier alpha value is -1.62. The highest BCUT2D eigenvalue weighted by molar-refractivity contribution is 5.88. The fraction of sp³-hybridized carbons (Fsp3) is 0.700. The van der Waals surface area contributed by atoms with Gasteiger partial charge < -0.3 is 14.6 Å². The number of allylic oxidation sites excluding steroid dienone is 1. The molecule has 2 aliphatic carbocycles. The molecule has 25 heavy (non-hydrogen) atoms. The van der Waals surface area contributed by atoms with Crippen molar-refractivity contribution in [3.8, 4) is 0 Å². The van der Waals surface area contributed by atoms with Gasteiger partial charge in [0.05, 0.1) is 6.10 Å². The first kappa shape index (κ1) is 18.2. The average Bonchev–Trinajstić information content (AvgIpc) is 3.00. The highest BCUT2D eigenvalue weighted by Crippen LogP contribution is 2.65. The third-order valence-electron chi connectivity index (χ3n) is 7.06. The highest BCUT2D eigenvalue weighted by Gasteiger charge is 2.70. The zero-order valence-electron chi connectivity index (χ0n) is 15.5. The molecule has 3 fully saturated rings. The second-order valence-electron chi connectivity index (χ2n) is 8.20. The van der Waals surface area contributed by atoms with Crippen molar-refractivity contribution in [2.24, 2.45) is 22.7 Å². The molecule has 1 saturated heterocycles. The topological polar surface area (TPSA) is 72.8 Å². The van der Waals surface area contributed by atoms with Crippen molar-refractivity contribution >= 4 is 11.9 Å². The van der Waals surface area contributed by atoms with Crippen molar-refractivity contribution in [1.82, 2.24) is 0 Å². The van der Waals surface area contributed by atoms with Crippen LogP contribution in [0.3, 0.4) is 0 Å². The van der Waals surface area contributed by atoms with Crippen molar-refractivity contribution in [3.05, 3.63) is 23.8 Å². The quantitative estimate of drug-likeness (QED) is 0.472. The number of hydrogen-bond acceptors (Lipinski definition) is 5. The molecule has 1 N–H and O–H groups in total. The minimum atomic E-state index is -1.06. The number of rotatable bonds is 2. The third kappa shape index (κ3) is 2.39. The summed E-state index contributed by atoms with van der Waals surface area (Å²) in [5.41, 5.74) is -0.174. The molecule has 0 amide bonds. The number of aliphatic hydroxyl groups excluding tert-OH is 1. The number of aliphatic hydroxyl groups is 1. The second kappa shape index (κ2) is 5.97. The molecule has 0 aromatic carbocycles. The van der Waals surface area contributed by atoms with Gasteiger partial charge in [0.1, 0.15) is 18.1 Å². The van der Waals surface area contributed by atoms with Crippen LogP contribution in [0.15, 0.2) is 23.8 Å². The molecular weight excluding hydrogens is 320 g/mol. The van der Waals surface area contributed by atoms with Crippen LogP contribution in [0.2, 0.25) is 0 Å². The van der Waals surface area contributed by atoms with E-state index in [-0.39, 0.29) is 29.9 Å². The summed E-state index contributed by atoms with van der Waals surface area (Å²) in [6.45, 7) is 11.9. The summed E-state index contributed by atoms with van der Waals surface area (Å²) < 4.78 is 11.0. The molecule has 138 valence electrons. The third-order valence-corrected chi connectivity index (χ3v) is 7.06. The molecule has 0 bridgehead atoms. The number of carbonyl (C=O) groups is 2. The van der Waals surface area contributed by atoms with E-state index in [2.05, 4.69) is 20.4 Å². The maximum absolute atomic E-state index is 12.5. The van der Waals surface area contributed by atoms with Gasteiger partial charge in [-0.3, -0.25) is 4.79 Å². The Morgan fingerprint density at radius 3 is 2.68 bits per heavy atom. The van der Waals surface area contributed by atoms with Gasteiger partial charge in [-0.2, -0.15) is 0 Å². The molecular formula is C20H28O5. The normalized spacial score (nSPS) is 44.0. The smallest absolute Gasteiger partial charge is 0.333 e. The minimum absolute atomic E-state index is 0.162. The molecule has 6 atom stereocenters. The standard InChI is InChI=1S/C20H28O5/c1-6-11(2)17(22)25-14-8-7-12(3)19(5)10-20(16(21)15(14)19)13(4)9-24-18(20)23/h6,12,14-16,21H,4,7-10H2,1-3,5H3/b11-6+. The summed E-state index contributed by atoms with van der Waals surface area (Å²) in [4.78, 5) is 24.8. The van der Waals surface area contributed by atoms with Gasteiger partial charge in [-0.05, 0) is 50.0 Å². The van der Waals surface area contributed by atoms with Gasteiger partial charge in [0.15, 0.2) is 0 Å². The van der Waals surface area contributed by atoms with Gasteiger partial charge in [0, 0.05) is 11.5 Å². The van der Waals surface area contributed by atoms with Gasteiger partial charge >= 0.3 is 11.9 Å². The van der Waals surface area contributed by atoms with Crippen LogP contribution >= 0.6 is 0 Å². The molecule has 3 aliphatic rings. The molecule has 1 heterocycles. The SMILES string of the molecule is C=C1COC(=O)C12CC1(C)C(C)CCC(OC(=O)/C(C)=C/C)C1C2O. The lowest BCUT2D eigenvalue weighted by Gasteiger charge is -2.46. The Labute approximate surface area is 149 Å². The van der Waals surface area contributed by atoms with Crippen LogP contribution in [0.1, 0.15) is 47.0 Å². The number of hydrogen-bond donors (Lipinski definition) is 1. The number of ether oxygens (including phenoxy) is 2. The van der Waals surface area contributed by atoms with E-state index in [1.807, 2.05) is 0 Å². The molecule has 6 unspecified atom stereocenters. The van der Waals surface area contributed by atoms with E-state index in [4.69, 9.17) is 9.47 Å². The Kier molecular flexibility index (Phi) is 4.34. The highest BCUT2D eigenvalue weighted by atomic mass is 16.5. The lowest BCUT2D eigenvalue weighted by atomic mass is 9.61. The zero-order valence-corrected chi connectivity index (χ0v) is 15.5. The van der Waals surface area contributed by atoms with Gasteiger partial charge in [0.25, 0.3) is 0 Å². The number of esters is 2. The Balaban J connectivity index is 1.98. The number of carbonyl (C=O) groups excluding carboxylic acids is 2.